The van der Waals surface area contributed by atoms with Gasteiger partial charge in [-0.25, -0.2) is 0 Å². The number of piperidine rings is 1. The standard InChI is InChI=1S/C17H31N3/c1-3-16(4-5-16)12-19-13-17(14-19)6-8-20(9-7-17)15-10-18(2)11-15/h15H,3-14H2,1-2H3. The first-order chi connectivity index (χ1) is 9.62. The minimum absolute atomic E-state index is 0.718. The maximum absolute atomic E-state index is 2.77. The summed E-state index contributed by atoms with van der Waals surface area (Å²) < 4.78 is 0. The number of nitrogens with zero attached hydrogens (tertiary/aromatic N) is 3. The fourth-order valence-electron chi connectivity index (χ4n) is 4.87. The molecule has 0 radical (unpaired) electrons. The van der Waals surface area contributed by atoms with Gasteiger partial charge in [0.2, 0.25) is 0 Å². The molecule has 1 spiro atoms. The van der Waals surface area contributed by atoms with Gasteiger partial charge >= 0.3 is 0 Å². The van der Waals surface area contributed by atoms with Gasteiger partial charge in [0.25, 0.3) is 0 Å². The number of likely N-dealkylation sites (tertiary alicyclic amines) is 3. The Morgan fingerprint density at radius 1 is 1.00 bits per heavy atom. The molecule has 4 fully saturated rings. The van der Waals surface area contributed by atoms with Crippen molar-refractivity contribution in [3.05, 3.63) is 0 Å². The first-order valence-corrected chi connectivity index (χ1v) is 8.77. The van der Waals surface area contributed by atoms with E-state index in [-0.39, 0.29) is 0 Å². The van der Waals surface area contributed by atoms with Gasteiger partial charge in [0.05, 0.1) is 0 Å². The van der Waals surface area contributed by atoms with Gasteiger partial charge in [-0.05, 0) is 63.1 Å². The largest absolute Gasteiger partial charge is 0.303 e. The van der Waals surface area contributed by atoms with Crippen LogP contribution in [0.5, 0.6) is 0 Å². The lowest BCUT2D eigenvalue weighted by molar-refractivity contribution is -0.0743. The maximum atomic E-state index is 2.77. The van der Waals surface area contributed by atoms with Gasteiger partial charge in [-0.2, -0.15) is 0 Å². The van der Waals surface area contributed by atoms with Crippen molar-refractivity contribution in [2.75, 3.05) is 52.9 Å². The fourth-order valence-corrected chi connectivity index (χ4v) is 4.87. The van der Waals surface area contributed by atoms with Crippen LogP contribution in [0, 0.1) is 10.8 Å². The zero-order valence-electron chi connectivity index (χ0n) is 13.4. The van der Waals surface area contributed by atoms with Crippen LogP contribution >= 0.6 is 0 Å². The van der Waals surface area contributed by atoms with Crippen LogP contribution in [0.4, 0.5) is 0 Å². The highest BCUT2D eigenvalue weighted by Crippen LogP contribution is 2.51. The third-order valence-corrected chi connectivity index (χ3v) is 6.80. The van der Waals surface area contributed by atoms with Gasteiger partial charge in [0, 0.05) is 38.8 Å². The molecule has 3 aliphatic heterocycles. The predicted molar refractivity (Wildman–Crippen MR) is 82.9 cm³/mol. The summed E-state index contributed by atoms with van der Waals surface area (Å²) in [4.78, 5) is 7.98. The van der Waals surface area contributed by atoms with Gasteiger partial charge in [-0.3, -0.25) is 4.90 Å². The molecule has 0 N–H and O–H groups in total. The Morgan fingerprint density at radius 2 is 1.65 bits per heavy atom. The average molecular weight is 277 g/mol. The Hall–Kier alpha value is -0.120. The summed E-state index contributed by atoms with van der Waals surface area (Å²) in [6.07, 6.45) is 7.32. The van der Waals surface area contributed by atoms with E-state index in [2.05, 4.69) is 28.7 Å². The van der Waals surface area contributed by atoms with E-state index in [1.165, 1.54) is 77.9 Å². The molecular formula is C17H31N3. The van der Waals surface area contributed by atoms with Crippen LogP contribution in [0.15, 0.2) is 0 Å². The van der Waals surface area contributed by atoms with Crippen molar-refractivity contribution in [3.8, 4) is 0 Å². The van der Waals surface area contributed by atoms with E-state index in [1.807, 2.05) is 0 Å². The molecular weight excluding hydrogens is 246 g/mol. The molecule has 0 bridgehead atoms. The summed E-state index contributed by atoms with van der Waals surface area (Å²) in [6.45, 7) is 12.0. The normalized spacial score (nSPS) is 33.9. The summed E-state index contributed by atoms with van der Waals surface area (Å²) in [5, 5.41) is 0. The average Bonchev–Trinajstić information content (AvgIpc) is 3.15. The van der Waals surface area contributed by atoms with E-state index >= 15 is 0 Å². The number of likely N-dealkylation sites (N-methyl/N-ethyl adjacent to an activating group) is 1. The van der Waals surface area contributed by atoms with Crippen molar-refractivity contribution in [1.82, 2.24) is 14.7 Å². The van der Waals surface area contributed by atoms with E-state index in [9.17, 15) is 0 Å². The number of hydrogen-bond acceptors (Lipinski definition) is 3. The minimum atomic E-state index is 0.718. The molecule has 0 aromatic heterocycles. The van der Waals surface area contributed by atoms with Gasteiger partial charge < -0.3 is 9.80 Å². The first-order valence-electron chi connectivity index (χ1n) is 8.77. The highest BCUT2D eigenvalue weighted by atomic mass is 15.3. The fraction of sp³-hybridized carbons (Fsp3) is 1.00. The topological polar surface area (TPSA) is 9.72 Å². The third kappa shape index (κ3) is 2.32. The van der Waals surface area contributed by atoms with Crippen LogP contribution in [0.25, 0.3) is 0 Å². The molecule has 0 aromatic rings. The Morgan fingerprint density at radius 3 is 2.15 bits per heavy atom. The van der Waals surface area contributed by atoms with Gasteiger partial charge in [0.1, 0.15) is 0 Å². The second-order valence-electron chi connectivity index (χ2n) is 8.41. The van der Waals surface area contributed by atoms with Gasteiger partial charge in [-0.15, -0.1) is 0 Å². The summed E-state index contributed by atoms with van der Waals surface area (Å²) in [5.74, 6) is 0. The molecule has 4 aliphatic rings. The molecule has 1 aliphatic carbocycles. The predicted octanol–water partition coefficient (Wildman–Crippen LogP) is 1.89. The lowest BCUT2D eigenvalue weighted by atomic mass is 9.71. The number of rotatable bonds is 4. The SMILES string of the molecule is CCC1(CN2CC3(CCN(C4CN(C)C4)CC3)C2)CC1. The summed E-state index contributed by atoms with van der Waals surface area (Å²) >= 11 is 0. The first kappa shape index (κ1) is 13.5. The van der Waals surface area contributed by atoms with E-state index in [1.54, 1.807) is 0 Å². The summed E-state index contributed by atoms with van der Waals surface area (Å²) in [7, 11) is 2.24. The van der Waals surface area contributed by atoms with Crippen LogP contribution in [0.1, 0.15) is 39.0 Å². The molecule has 3 heteroatoms. The quantitative estimate of drug-likeness (QED) is 0.777. The van der Waals surface area contributed by atoms with Crippen molar-refractivity contribution >= 4 is 0 Å². The van der Waals surface area contributed by atoms with E-state index in [0.29, 0.717) is 0 Å². The zero-order chi connectivity index (χ0) is 13.8. The van der Waals surface area contributed by atoms with Gasteiger partial charge in [0.15, 0.2) is 0 Å². The van der Waals surface area contributed by atoms with Gasteiger partial charge in [-0.1, -0.05) is 6.92 Å². The smallest absolute Gasteiger partial charge is 0.0350 e. The Balaban J connectivity index is 1.22. The van der Waals surface area contributed by atoms with Crippen LogP contribution in [0.2, 0.25) is 0 Å². The Kier molecular flexibility index (Phi) is 3.17. The van der Waals surface area contributed by atoms with Crippen molar-refractivity contribution in [2.24, 2.45) is 10.8 Å². The molecule has 1 saturated carbocycles. The van der Waals surface area contributed by atoms with Crippen LogP contribution in [-0.4, -0.2) is 73.6 Å². The highest BCUT2D eigenvalue weighted by molar-refractivity contribution is 5.04. The lowest BCUT2D eigenvalue weighted by Gasteiger charge is -2.57. The summed E-state index contributed by atoms with van der Waals surface area (Å²) in [6, 6.07) is 0.878. The summed E-state index contributed by atoms with van der Waals surface area (Å²) in [5.41, 5.74) is 1.47. The second-order valence-corrected chi connectivity index (χ2v) is 8.41. The van der Waals surface area contributed by atoms with Crippen LogP contribution in [-0.2, 0) is 0 Å². The molecule has 20 heavy (non-hydrogen) atoms. The van der Waals surface area contributed by atoms with E-state index < -0.39 is 0 Å². The number of hydrogen-bond donors (Lipinski definition) is 0. The lowest BCUT2D eigenvalue weighted by Crippen LogP contribution is -2.65. The molecule has 0 aromatic carbocycles. The van der Waals surface area contributed by atoms with E-state index in [4.69, 9.17) is 0 Å². The molecule has 4 rings (SSSR count). The van der Waals surface area contributed by atoms with Crippen molar-refractivity contribution < 1.29 is 0 Å². The highest BCUT2D eigenvalue weighted by Gasteiger charge is 2.50. The monoisotopic (exact) mass is 277 g/mol. The van der Waals surface area contributed by atoms with Crippen LogP contribution in [0.3, 0.4) is 0 Å². The molecule has 0 amide bonds. The zero-order valence-corrected chi connectivity index (χ0v) is 13.4. The molecule has 0 unspecified atom stereocenters. The van der Waals surface area contributed by atoms with Crippen molar-refractivity contribution in [3.63, 3.8) is 0 Å². The second kappa shape index (κ2) is 4.69. The Bertz CT molecular complexity index is 354. The molecule has 3 saturated heterocycles. The van der Waals surface area contributed by atoms with Crippen molar-refractivity contribution in [2.45, 2.75) is 45.1 Å². The van der Waals surface area contributed by atoms with Crippen LogP contribution < -0.4 is 0 Å². The molecule has 3 heterocycles. The molecule has 0 atom stereocenters. The Labute approximate surface area is 124 Å². The third-order valence-electron chi connectivity index (χ3n) is 6.80. The molecule has 3 nitrogen and oxygen atoms in total. The minimum Gasteiger partial charge on any atom is -0.303 e. The molecule has 114 valence electrons. The maximum Gasteiger partial charge on any atom is 0.0350 e. The van der Waals surface area contributed by atoms with Crippen molar-refractivity contribution in [1.29, 1.82) is 0 Å². The van der Waals surface area contributed by atoms with E-state index in [0.717, 1.165) is 16.9 Å².